The molecule has 1 atom stereocenters. The van der Waals surface area contributed by atoms with Crippen LogP contribution in [0.1, 0.15) is 41.0 Å². The van der Waals surface area contributed by atoms with Gasteiger partial charge in [0.25, 0.3) is 0 Å². The normalized spacial score (nSPS) is 17.6. The molecule has 1 saturated heterocycles. The number of carbonyl (C=O) groups excluding carboxylic acids is 1. The van der Waals surface area contributed by atoms with Crippen LogP contribution >= 0.6 is 0 Å². The monoisotopic (exact) mass is 471 g/mol. The number of aliphatic carboxylic acids is 1. The Kier molecular flexibility index (Phi) is 6.42. The first-order valence-corrected chi connectivity index (χ1v) is 11.8. The number of aryl methyl sites for hydroxylation is 1. The molecule has 2 aliphatic heterocycles. The van der Waals surface area contributed by atoms with Crippen LogP contribution in [0.3, 0.4) is 0 Å². The van der Waals surface area contributed by atoms with Gasteiger partial charge in [0.1, 0.15) is 11.7 Å². The number of aliphatic imine (C=N–C) groups is 1. The Labute approximate surface area is 203 Å². The molecule has 2 aliphatic rings. The lowest BCUT2D eigenvalue weighted by molar-refractivity contribution is -0.137. The highest BCUT2D eigenvalue weighted by Crippen LogP contribution is 2.36. The second-order valence-electron chi connectivity index (χ2n) is 9.04. The summed E-state index contributed by atoms with van der Waals surface area (Å²) in [6, 6.07) is 19.8. The van der Waals surface area contributed by atoms with Crippen molar-refractivity contribution in [2.24, 2.45) is 4.99 Å². The number of carboxylic acids is 1. The van der Waals surface area contributed by atoms with Crippen LogP contribution in [0.15, 0.2) is 71.7 Å². The smallest absolute Gasteiger partial charge is 0.303 e. The van der Waals surface area contributed by atoms with Crippen LogP contribution in [0.5, 0.6) is 0 Å². The molecule has 0 spiro atoms. The van der Waals surface area contributed by atoms with Gasteiger partial charge in [-0.2, -0.15) is 0 Å². The zero-order valence-corrected chi connectivity index (χ0v) is 19.2. The second-order valence-corrected chi connectivity index (χ2v) is 9.04. The van der Waals surface area contributed by atoms with E-state index in [2.05, 4.69) is 22.3 Å². The first-order valence-electron chi connectivity index (χ1n) is 11.8. The minimum atomic E-state index is -0.847. The number of carbonyl (C=O) groups is 2. The third kappa shape index (κ3) is 5.15. The Bertz CT molecular complexity index is 1280. The van der Waals surface area contributed by atoms with E-state index in [1.165, 1.54) is 24.1 Å². The Morgan fingerprint density at radius 3 is 2.40 bits per heavy atom. The van der Waals surface area contributed by atoms with Crippen molar-refractivity contribution in [2.45, 2.75) is 31.7 Å². The Hall–Kier alpha value is -3.84. The van der Waals surface area contributed by atoms with E-state index in [1.807, 2.05) is 36.4 Å². The van der Waals surface area contributed by atoms with Crippen molar-refractivity contribution in [3.63, 3.8) is 0 Å². The van der Waals surface area contributed by atoms with Gasteiger partial charge in [-0.05, 0) is 72.5 Å². The molecule has 0 saturated carbocycles. The SMILES string of the molecule is O=C(O)CCc1ccc(C(=Nc2ccc(CN3CCC3)cc2)C2C(=O)Nc3cc(F)ccc32)cc1. The summed E-state index contributed by atoms with van der Waals surface area (Å²) >= 11 is 0. The average Bonchev–Trinajstić information content (AvgIpc) is 3.14. The molecule has 0 aliphatic carbocycles. The molecular formula is C28H26FN3O3. The number of benzene rings is 3. The standard InChI is InChI=1S/C28H26FN3O3/c29-21-9-12-23-24(16-21)31-28(35)26(23)27(20-7-2-18(3-8-20)6-13-25(33)34)30-22-10-4-19(5-11-22)17-32-14-1-15-32/h2-5,7-12,16,26H,1,6,13-15,17H2,(H,31,35)(H,33,34). The molecule has 2 heterocycles. The molecule has 1 fully saturated rings. The van der Waals surface area contributed by atoms with Crippen molar-refractivity contribution >= 4 is 29.0 Å². The van der Waals surface area contributed by atoms with Crippen LogP contribution in [0.2, 0.25) is 0 Å². The van der Waals surface area contributed by atoms with Gasteiger partial charge < -0.3 is 10.4 Å². The van der Waals surface area contributed by atoms with E-state index < -0.39 is 17.7 Å². The third-order valence-electron chi connectivity index (χ3n) is 6.54. The van der Waals surface area contributed by atoms with Crippen molar-refractivity contribution in [1.82, 2.24) is 4.90 Å². The molecule has 6 nitrogen and oxygen atoms in total. The number of hydrogen-bond donors (Lipinski definition) is 2. The summed E-state index contributed by atoms with van der Waals surface area (Å²) in [5.74, 6) is -2.20. The minimum absolute atomic E-state index is 0.0496. The van der Waals surface area contributed by atoms with E-state index in [-0.39, 0.29) is 12.3 Å². The van der Waals surface area contributed by atoms with Gasteiger partial charge in [0.15, 0.2) is 0 Å². The van der Waals surface area contributed by atoms with E-state index >= 15 is 0 Å². The first kappa shape index (κ1) is 22.9. The molecule has 1 unspecified atom stereocenters. The quantitative estimate of drug-likeness (QED) is 0.458. The zero-order valence-electron chi connectivity index (χ0n) is 19.2. The van der Waals surface area contributed by atoms with Crippen molar-refractivity contribution in [2.75, 3.05) is 18.4 Å². The predicted molar refractivity (Wildman–Crippen MR) is 133 cm³/mol. The summed E-state index contributed by atoms with van der Waals surface area (Å²) in [7, 11) is 0. The lowest BCUT2D eigenvalue weighted by atomic mass is 9.90. The fraction of sp³-hybridized carbons (Fsp3) is 0.250. The first-order chi connectivity index (χ1) is 17.0. The molecular weight excluding hydrogens is 445 g/mol. The fourth-order valence-electron chi connectivity index (χ4n) is 4.51. The number of carboxylic acid groups (broad SMARTS) is 1. The van der Waals surface area contributed by atoms with Gasteiger partial charge in [0.2, 0.25) is 5.91 Å². The number of nitrogens with zero attached hydrogens (tertiary/aromatic N) is 2. The van der Waals surface area contributed by atoms with Crippen LogP contribution in [-0.2, 0) is 22.6 Å². The van der Waals surface area contributed by atoms with E-state index in [9.17, 15) is 14.0 Å². The van der Waals surface area contributed by atoms with E-state index in [1.54, 1.807) is 6.07 Å². The van der Waals surface area contributed by atoms with Crippen LogP contribution < -0.4 is 5.32 Å². The maximum Gasteiger partial charge on any atom is 0.303 e. The number of likely N-dealkylation sites (tertiary alicyclic amines) is 1. The molecule has 0 radical (unpaired) electrons. The Morgan fingerprint density at radius 1 is 1.03 bits per heavy atom. The van der Waals surface area contributed by atoms with Crippen molar-refractivity contribution < 1.29 is 19.1 Å². The van der Waals surface area contributed by atoms with E-state index in [4.69, 9.17) is 10.1 Å². The number of halogens is 1. The third-order valence-corrected chi connectivity index (χ3v) is 6.54. The number of nitrogens with one attached hydrogen (secondary N) is 1. The van der Waals surface area contributed by atoms with Gasteiger partial charge in [-0.15, -0.1) is 0 Å². The summed E-state index contributed by atoms with van der Waals surface area (Å²) in [5, 5.41) is 11.7. The molecule has 3 aromatic rings. The molecule has 7 heteroatoms. The lowest BCUT2D eigenvalue weighted by Crippen LogP contribution is -2.36. The zero-order chi connectivity index (χ0) is 24.4. The van der Waals surface area contributed by atoms with Gasteiger partial charge in [0, 0.05) is 18.7 Å². The molecule has 3 aromatic carbocycles. The average molecular weight is 472 g/mol. The highest BCUT2D eigenvalue weighted by atomic mass is 19.1. The van der Waals surface area contributed by atoms with Gasteiger partial charge in [-0.3, -0.25) is 19.5 Å². The van der Waals surface area contributed by atoms with Crippen molar-refractivity contribution in [1.29, 1.82) is 0 Å². The highest BCUT2D eigenvalue weighted by Gasteiger charge is 2.35. The van der Waals surface area contributed by atoms with Crippen molar-refractivity contribution in [3.05, 3.63) is 94.8 Å². The summed E-state index contributed by atoms with van der Waals surface area (Å²) in [6.07, 6.45) is 1.72. The number of hydrogen-bond acceptors (Lipinski definition) is 4. The highest BCUT2D eigenvalue weighted by molar-refractivity contribution is 6.24. The maximum atomic E-state index is 13.8. The molecule has 0 aromatic heterocycles. The molecule has 0 bridgehead atoms. The van der Waals surface area contributed by atoms with E-state index in [0.29, 0.717) is 23.4 Å². The molecule has 35 heavy (non-hydrogen) atoms. The van der Waals surface area contributed by atoms with Gasteiger partial charge >= 0.3 is 5.97 Å². The number of fused-ring (bicyclic) bond motifs is 1. The second kappa shape index (κ2) is 9.80. The van der Waals surface area contributed by atoms with Gasteiger partial charge in [-0.1, -0.05) is 42.5 Å². The fourth-order valence-corrected chi connectivity index (χ4v) is 4.51. The van der Waals surface area contributed by atoms with Gasteiger partial charge in [-0.25, -0.2) is 4.39 Å². The summed E-state index contributed by atoms with van der Waals surface area (Å²) in [4.78, 5) is 31.2. The van der Waals surface area contributed by atoms with Crippen LogP contribution in [0.25, 0.3) is 0 Å². The largest absolute Gasteiger partial charge is 0.481 e. The molecule has 5 rings (SSSR count). The van der Waals surface area contributed by atoms with Gasteiger partial charge in [0.05, 0.1) is 11.4 Å². The summed E-state index contributed by atoms with van der Waals surface area (Å²) < 4.78 is 13.8. The minimum Gasteiger partial charge on any atom is -0.481 e. The summed E-state index contributed by atoms with van der Waals surface area (Å²) in [5.41, 5.74) is 5.29. The molecule has 1 amide bonds. The van der Waals surface area contributed by atoms with Crippen LogP contribution in [0.4, 0.5) is 15.8 Å². The van der Waals surface area contributed by atoms with Crippen LogP contribution in [0, 0.1) is 5.82 Å². The number of rotatable bonds is 8. The predicted octanol–water partition coefficient (Wildman–Crippen LogP) is 4.91. The number of anilines is 1. The molecule has 2 N–H and O–H groups in total. The van der Waals surface area contributed by atoms with Crippen molar-refractivity contribution in [3.8, 4) is 0 Å². The number of amides is 1. The maximum absolute atomic E-state index is 13.8. The lowest BCUT2D eigenvalue weighted by Gasteiger charge is -2.30. The van der Waals surface area contributed by atoms with E-state index in [0.717, 1.165) is 36.4 Å². The summed E-state index contributed by atoms with van der Waals surface area (Å²) in [6.45, 7) is 3.17. The Morgan fingerprint density at radius 2 is 1.74 bits per heavy atom. The van der Waals surface area contributed by atoms with Crippen LogP contribution in [-0.4, -0.2) is 40.7 Å². The molecule has 178 valence electrons. The Balaban J connectivity index is 1.49. The topological polar surface area (TPSA) is 82.0 Å².